The topological polar surface area (TPSA) is 74.4 Å². The highest BCUT2D eigenvalue weighted by molar-refractivity contribution is 5.86. The van der Waals surface area contributed by atoms with Gasteiger partial charge in [-0.25, -0.2) is 4.39 Å². The van der Waals surface area contributed by atoms with Gasteiger partial charge in [-0.3, -0.25) is 9.59 Å². The monoisotopic (exact) mass is 423 g/mol. The summed E-state index contributed by atoms with van der Waals surface area (Å²) in [5.41, 5.74) is 2.92. The SMILES string of the molecule is COc1ccc2[nH]cc(C3CCN(C(=O)CNC(=O)Cc4cccc(F)c4)CC3)c2c1. The molecule has 0 aliphatic carbocycles. The van der Waals surface area contributed by atoms with Crippen molar-refractivity contribution in [2.24, 2.45) is 0 Å². The standard InChI is InChI=1S/C24H26FN3O3/c1-31-19-5-6-22-20(13-19)21(14-26-22)17-7-9-28(10-8-17)24(30)15-27-23(29)12-16-3-2-4-18(25)11-16/h2-6,11,13-14,17,26H,7-10,12,15H2,1H3,(H,27,29). The lowest BCUT2D eigenvalue weighted by atomic mass is 9.89. The molecule has 2 amide bonds. The maximum absolute atomic E-state index is 13.2. The van der Waals surface area contributed by atoms with Crippen LogP contribution in [0.1, 0.15) is 29.9 Å². The summed E-state index contributed by atoms with van der Waals surface area (Å²) in [6.45, 7) is 1.27. The zero-order valence-electron chi connectivity index (χ0n) is 17.5. The number of methoxy groups -OCH3 is 1. The van der Waals surface area contributed by atoms with Gasteiger partial charge in [0.25, 0.3) is 0 Å². The van der Waals surface area contributed by atoms with Gasteiger partial charge in [0.15, 0.2) is 0 Å². The zero-order chi connectivity index (χ0) is 21.8. The summed E-state index contributed by atoms with van der Waals surface area (Å²) in [6, 6.07) is 11.9. The van der Waals surface area contributed by atoms with E-state index in [0.29, 0.717) is 24.6 Å². The molecular formula is C24H26FN3O3. The van der Waals surface area contributed by atoms with Gasteiger partial charge in [-0.1, -0.05) is 12.1 Å². The van der Waals surface area contributed by atoms with E-state index in [1.54, 1.807) is 24.1 Å². The van der Waals surface area contributed by atoms with Crippen LogP contribution in [0.2, 0.25) is 0 Å². The van der Waals surface area contributed by atoms with Crippen LogP contribution >= 0.6 is 0 Å². The fourth-order valence-corrected chi connectivity index (χ4v) is 4.21. The first kappa shape index (κ1) is 20.9. The minimum atomic E-state index is -0.377. The van der Waals surface area contributed by atoms with E-state index in [1.807, 2.05) is 18.2 Å². The molecule has 1 fully saturated rings. The Morgan fingerprint density at radius 3 is 2.74 bits per heavy atom. The number of likely N-dealkylation sites (tertiary alicyclic amines) is 1. The van der Waals surface area contributed by atoms with Gasteiger partial charge in [0.1, 0.15) is 11.6 Å². The number of aromatic amines is 1. The first-order chi connectivity index (χ1) is 15.0. The number of nitrogens with zero attached hydrogens (tertiary/aromatic N) is 1. The molecule has 0 bridgehead atoms. The molecule has 2 heterocycles. The van der Waals surface area contributed by atoms with Crippen molar-refractivity contribution >= 4 is 22.7 Å². The molecule has 0 radical (unpaired) electrons. The molecule has 2 N–H and O–H groups in total. The molecule has 1 aromatic heterocycles. The van der Waals surface area contributed by atoms with Gasteiger partial charge in [0, 0.05) is 30.2 Å². The van der Waals surface area contributed by atoms with Crippen LogP contribution in [0.15, 0.2) is 48.7 Å². The van der Waals surface area contributed by atoms with Crippen LogP contribution in [0, 0.1) is 5.82 Å². The molecule has 1 saturated heterocycles. The maximum Gasteiger partial charge on any atom is 0.241 e. The summed E-state index contributed by atoms with van der Waals surface area (Å²) in [7, 11) is 1.66. The van der Waals surface area contributed by atoms with Gasteiger partial charge < -0.3 is 19.9 Å². The first-order valence-electron chi connectivity index (χ1n) is 10.5. The third kappa shape index (κ3) is 4.87. The van der Waals surface area contributed by atoms with Crippen molar-refractivity contribution in [1.29, 1.82) is 0 Å². The number of hydrogen-bond donors (Lipinski definition) is 2. The highest BCUT2D eigenvalue weighted by atomic mass is 19.1. The van der Waals surface area contributed by atoms with E-state index in [-0.39, 0.29) is 30.6 Å². The Kier molecular flexibility index (Phi) is 6.21. The highest BCUT2D eigenvalue weighted by Gasteiger charge is 2.25. The minimum Gasteiger partial charge on any atom is -0.497 e. The number of nitrogens with one attached hydrogen (secondary N) is 2. The van der Waals surface area contributed by atoms with E-state index in [1.165, 1.54) is 17.7 Å². The number of ether oxygens (including phenoxy) is 1. The number of H-pyrrole nitrogens is 1. The van der Waals surface area contributed by atoms with Gasteiger partial charge in [-0.05, 0) is 60.2 Å². The van der Waals surface area contributed by atoms with Crippen LogP contribution in [-0.2, 0) is 16.0 Å². The van der Waals surface area contributed by atoms with Crippen LogP contribution in [0.3, 0.4) is 0 Å². The smallest absolute Gasteiger partial charge is 0.241 e. The number of carbonyl (C=O) groups is 2. The van der Waals surface area contributed by atoms with Crippen LogP contribution in [0.4, 0.5) is 4.39 Å². The largest absolute Gasteiger partial charge is 0.497 e. The second-order valence-corrected chi connectivity index (χ2v) is 7.89. The molecule has 0 saturated carbocycles. The number of rotatable bonds is 6. The summed E-state index contributed by atoms with van der Waals surface area (Å²) >= 11 is 0. The second-order valence-electron chi connectivity index (χ2n) is 7.89. The average molecular weight is 423 g/mol. The van der Waals surface area contributed by atoms with Gasteiger partial charge in [-0.2, -0.15) is 0 Å². The number of carbonyl (C=O) groups excluding carboxylic acids is 2. The molecule has 162 valence electrons. The molecule has 0 atom stereocenters. The lowest BCUT2D eigenvalue weighted by Crippen LogP contribution is -2.44. The summed E-state index contributed by atoms with van der Waals surface area (Å²) in [4.78, 5) is 29.7. The lowest BCUT2D eigenvalue weighted by molar-refractivity contribution is -0.133. The Labute approximate surface area is 180 Å². The van der Waals surface area contributed by atoms with Crippen molar-refractivity contribution in [1.82, 2.24) is 15.2 Å². The van der Waals surface area contributed by atoms with E-state index < -0.39 is 0 Å². The molecule has 0 unspecified atom stereocenters. The molecule has 0 spiro atoms. The van der Waals surface area contributed by atoms with Gasteiger partial charge >= 0.3 is 0 Å². The summed E-state index contributed by atoms with van der Waals surface area (Å²) in [5, 5.41) is 3.81. The average Bonchev–Trinajstić information content (AvgIpc) is 3.20. The normalized spacial score (nSPS) is 14.6. The summed E-state index contributed by atoms with van der Waals surface area (Å²) < 4.78 is 18.6. The Hall–Kier alpha value is -3.35. The third-order valence-corrected chi connectivity index (χ3v) is 5.90. The Morgan fingerprint density at radius 2 is 2.00 bits per heavy atom. The molecule has 1 aliphatic heterocycles. The van der Waals surface area contributed by atoms with Gasteiger partial charge in [-0.15, -0.1) is 0 Å². The van der Waals surface area contributed by atoms with Crippen molar-refractivity contribution in [3.63, 3.8) is 0 Å². The van der Waals surface area contributed by atoms with Gasteiger partial charge in [0.2, 0.25) is 11.8 Å². The molecule has 2 aromatic carbocycles. The lowest BCUT2D eigenvalue weighted by Gasteiger charge is -2.32. The number of benzene rings is 2. The first-order valence-corrected chi connectivity index (χ1v) is 10.5. The molecule has 3 aromatic rings. The van der Waals surface area contributed by atoms with E-state index in [9.17, 15) is 14.0 Å². The number of fused-ring (bicyclic) bond motifs is 1. The fraction of sp³-hybridized carbons (Fsp3) is 0.333. The molecule has 7 heteroatoms. The maximum atomic E-state index is 13.2. The quantitative estimate of drug-likeness (QED) is 0.638. The Balaban J connectivity index is 1.28. The molecule has 6 nitrogen and oxygen atoms in total. The molecular weight excluding hydrogens is 397 g/mol. The number of amides is 2. The molecule has 31 heavy (non-hydrogen) atoms. The van der Waals surface area contributed by atoms with Crippen LogP contribution in [0.5, 0.6) is 5.75 Å². The zero-order valence-corrected chi connectivity index (χ0v) is 17.5. The van der Waals surface area contributed by atoms with Crippen LogP contribution in [0.25, 0.3) is 10.9 Å². The fourth-order valence-electron chi connectivity index (χ4n) is 4.21. The number of aromatic nitrogens is 1. The van der Waals surface area contributed by atoms with E-state index in [0.717, 1.165) is 29.5 Å². The van der Waals surface area contributed by atoms with E-state index >= 15 is 0 Å². The Bertz CT molecular complexity index is 1090. The van der Waals surface area contributed by atoms with E-state index in [2.05, 4.69) is 16.5 Å². The molecule has 1 aliphatic rings. The Morgan fingerprint density at radius 1 is 1.19 bits per heavy atom. The number of piperidine rings is 1. The van der Waals surface area contributed by atoms with Crippen molar-refractivity contribution in [3.05, 3.63) is 65.6 Å². The summed E-state index contributed by atoms with van der Waals surface area (Å²) in [5.74, 6) is 0.438. The third-order valence-electron chi connectivity index (χ3n) is 5.90. The van der Waals surface area contributed by atoms with Crippen LogP contribution in [-0.4, -0.2) is 48.4 Å². The predicted molar refractivity (Wildman–Crippen MR) is 117 cm³/mol. The number of hydrogen-bond acceptors (Lipinski definition) is 3. The predicted octanol–water partition coefficient (Wildman–Crippen LogP) is 3.38. The summed E-state index contributed by atoms with van der Waals surface area (Å²) in [6.07, 6.45) is 3.84. The molecule has 4 rings (SSSR count). The van der Waals surface area contributed by atoms with Gasteiger partial charge in [0.05, 0.1) is 20.1 Å². The van der Waals surface area contributed by atoms with E-state index in [4.69, 9.17) is 4.74 Å². The minimum absolute atomic E-state index is 0.0386. The van der Waals surface area contributed by atoms with Crippen LogP contribution < -0.4 is 10.1 Å². The van der Waals surface area contributed by atoms with Crippen molar-refractivity contribution in [2.45, 2.75) is 25.2 Å². The van der Waals surface area contributed by atoms with Crippen molar-refractivity contribution < 1.29 is 18.7 Å². The second kappa shape index (κ2) is 9.20. The number of halogens is 1. The van der Waals surface area contributed by atoms with Crippen molar-refractivity contribution in [3.8, 4) is 5.75 Å². The van der Waals surface area contributed by atoms with Crippen molar-refractivity contribution in [2.75, 3.05) is 26.7 Å². The highest BCUT2D eigenvalue weighted by Crippen LogP contribution is 2.34.